The Bertz CT molecular complexity index is 1470. The largest absolute Gasteiger partial charge is 0.507 e. The number of tetrazole rings is 1. The first-order valence-electron chi connectivity index (χ1n) is 11.2. The Morgan fingerprint density at radius 3 is 2.56 bits per heavy atom. The second-order valence-corrected chi connectivity index (χ2v) is 9.80. The number of H-pyrrole nitrogens is 1. The molecule has 0 aliphatic carbocycles. The molecule has 10 nitrogen and oxygen atoms in total. The zero-order chi connectivity index (χ0) is 25.7. The van der Waals surface area contributed by atoms with Gasteiger partial charge in [0.25, 0.3) is 10.0 Å². The maximum atomic E-state index is 12.9. The number of benzene rings is 3. The van der Waals surface area contributed by atoms with E-state index in [1.807, 2.05) is 6.92 Å². The number of aromatic amines is 1. The molecule has 0 unspecified atom stereocenters. The van der Waals surface area contributed by atoms with Gasteiger partial charge in [-0.3, -0.25) is 9.52 Å². The number of carbonyl (C=O) groups is 1. The number of aromatic nitrogens is 4. The van der Waals surface area contributed by atoms with Crippen LogP contribution >= 0.6 is 0 Å². The summed E-state index contributed by atoms with van der Waals surface area (Å²) < 4.78 is 34.2. The molecule has 0 aliphatic heterocycles. The average Bonchev–Trinajstić information content (AvgIpc) is 3.40. The van der Waals surface area contributed by atoms with Gasteiger partial charge in [0, 0.05) is 16.8 Å². The van der Waals surface area contributed by atoms with E-state index in [1.165, 1.54) is 19.1 Å². The quantitative estimate of drug-likeness (QED) is 0.272. The zero-order valence-corrected chi connectivity index (χ0v) is 20.5. The summed E-state index contributed by atoms with van der Waals surface area (Å²) >= 11 is 0. The number of hydrogen-bond donors (Lipinski definition) is 3. The van der Waals surface area contributed by atoms with Gasteiger partial charge in [0.05, 0.1) is 10.5 Å². The summed E-state index contributed by atoms with van der Waals surface area (Å²) in [5, 5.41) is 24.0. The number of phenolic OH excluding ortho intramolecular Hbond substituents is 1. The lowest BCUT2D eigenvalue weighted by Crippen LogP contribution is -2.13. The van der Waals surface area contributed by atoms with Gasteiger partial charge in [-0.2, -0.15) is 0 Å². The van der Waals surface area contributed by atoms with Crippen molar-refractivity contribution in [2.24, 2.45) is 0 Å². The van der Waals surface area contributed by atoms with Crippen LogP contribution < -0.4 is 9.46 Å². The number of ether oxygens (including phenoxy) is 1. The van der Waals surface area contributed by atoms with Gasteiger partial charge in [-0.15, -0.1) is 5.10 Å². The van der Waals surface area contributed by atoms with Crippen molar-refractivity contribution >= 4 is 21.5 Å². The van der Waals surface area contributed by atoms with E-state index in [1.54, 1.807) is 48.5 Å². The number of anilines is 1. The van der Waals surface area contributed by atoms with Gasteiger partial charge in [0.15, 0.2) is 11.6 Å². The molecular formula is C25H25N5O5S. The van der Waals surface area contributed by atoms with E-state index in [9.17, 15) is 18.3 Å². The molecule has 11 heteroatoms. The SMILES string of the molecule is CCCc1c(OCc2ccc(S(=O)(=O)Nc3cccc(-c4nnn[nH]4)c3)cc2)ccc(C(C)=O)c1O. The van der Waals surface area contributed by atoms with E-state index < -0.39 is 10.0 Å². The molecule has 0 spiro atoms. The maximum absolute atomic E-state index is 12.9. The Morgan fingerprint density at radius 2 is 1.89 bits per heavy atom. The maximum Gasteiger partial charge on any atom is 0.261 e. The predicted molar refractivity (Wildman–Crippen MR) is 133 cm³/mol. The molecule has 4 aromatic rings. The standard InChI is InChI=1S/C25H25N5O5S/c1-3-5-22-23(13-12-21(16(2)31)24(22)32)35-15-17-8-10-20(11-9-17)36(33,34)28-19-7-4-6-18(14-19)25-26-29-30-27-25/h4,6-14,28,32H,3,5,15H2,1-2H3,(H,26,27,29,30). The zero-order valence-electron chi connectivity index (χ0n) is 19.7. The molecule has 4 rings (SSSR count). The number of nitrogens with one attached hydrogen (secondary N) is 2. The summed E-state index contributed by atoms with van der Waals surface area (Å²) in [7, 11) is -3.83. The van der Waals surface area contributed by atoms with Crippen molar-refractivity contribution in [1.29, 1.82) is 0 Å². The Labute approximate surface area is 208 Å². The molecule has 0 saturated carbocycles. The lowest BCUT2D eigenvalue weighted by molar-refractivity contribution is 0.101. The van der Waals surface area contributed by atoms with Crippen LogP contribution in [0.2, 0.25) is 0 Å². The highest BCUT2D eigenvalue weighted by atomic mass is 32.2. The molecule has 0 radical (unpaired) electrons. The molecule has 0 atom stereocenters. The van der Waals surface area contributed by atoms with Gasteiger partial charge in [-0.1, -0.05) is 37.6 Å². The van der Waals surface area contributed by atoms with Crippen molar-refractivity contribution in [2.45, 2.75) is 38.2 Å². The van der Waals surface area contributed by atoms with Gasteiger partial charge in [-0.05, 0) is 65.7 Å². The Kier molecular flexibility index (Phi) is 7.30. The summed E-state index contributed by atoms with van der Waals surface area (Å²) in [6.07, 6.45) is 1.32. The van der Waals surface area contributed by atoms with Crippen molar-refractivity contribution in [3.63, 3.8) is 0 Å². The summed E-state index contributed by atoms with van der Waals surface area (Å²) in [4.78, 5) is 11.8. The van der Waals surface area contributed by atoms with E-state index in [0.717, 1.165) is 12.0 Å². The molecule has 0 amide bonds. The third kappa shape index (κ3) is 5.52. The van der Waals surface area contributed by atoms with Gasteiger partial charge in [0.2, 0.25) is 0 Å². The number of hydrogen-bond acceptors (Lipinski definition) is 8. The van der Waals surface area contributed by atoms with Crippen LogP contribution in [-0.2, 0) is 23.1 Å². The number of ketones is 1. The van der Waals surface area contributed by atoms with Crippen molar-refractivity contribution in [3.8, 4) is 22.9 Å². The van der Waals surface area contributed by atoms with Crippen LogP contribution in [0.15, 0.2) is 65.6 Å². The first-order chi connectivity index (χ1) is 17.3. The van der Waals surface area contributed by atoms with Gasteiger partial charge >= 0.3 is 0 Å². The van der Waals surface area contributed by atoms with Gasteiger partial charge < -0.3 is 9.84 Å². The predicted octanol–water partition coefficient (Wildman–Crippen LogP) is 4.11. The molecule has 1 aromatic heterocycles. The number of carbonyl (C=O) groups excluding carboxylic acids is 1. The third-order valence-corrected chi connectivity index (χ3v) is 6.88. The van der Waals surface area contributed by atoms with Crippen LogP contribution in [0.1, 0.15) is 41.8 Å². The minimum absolute atomic E-state index is 0.0574. The third-order valence-electron chi connectivity index (χ3n) is 5.48. The van der Waals surface area contributed by atoms with E-state index in [2.05, 4.69) is 25.3 Å². The molecule has 3 N–H and O–H groups in total. The number of rotatable bonds is 10. The van der Waals surface area contributed by atoms with Gasteiger partial charge in [0.1, 0.15) is 18.1 Å². The van der Waals surface area contributed by atoms with E-state index in [0.29, 0.717) is 34.8 Å². The Hall–Kier alpha value is -4.25. The highest BCUT2D eigenvalue weighted by Crippen LogP contribution is 2.33. The number of Topliss-reactive ketones (excluding diaryl/α,β-unsaturated/α-hetero) is 1. The minimum Gasteiger partial charge on any atom is -0.507 e. The normalized spacial score (nSPS) is 11.3. The van der Waals surface area contributed by atoms with Crippen LogP contribution in [0.25, 0.3) is 11.4 Å². The fraction of sp³-hybridized carbons (Fsp3) is 0.200. The van der Waals surface area contributed by atoms with Crippen molar-refractivity contribution in [3.05, 3.63) is 77.4 Å². The minimum atomic E-state index is -3.83. The van der Waals surface area contributed by atoms with E-state index in [-0.39, 0.29) is 28.6 Å². The first-order valence-corrected chi connectivity index (χ1v) is 12.7. The van der Waals surface area contributed by atoms with Crippen LogP contribution in [0.5, 0.6) is 11.5 Å². The molecule has 0 saturated heterocycles. The van der Waals surface area contributed by atoms with Crippen molar-refractivity contribution in [2.75, 3.05) is 4.72 Å². The van der Waals surface area contributed by atoms with Crippen LogP contribution in [-0.4, -0.2) is 39.9 Å². The number of phenols is 1. The summed E-state index contributed by atoms with van der Waals surface area (Å²) in [6, 6.07) is 16.2. The fourth-order valence-electron chi connectivity index (χ4n) is 3.68. The first kappa shape index (κ1) is 24.9. The number of aromatic hydroxyl groups is 1. The fourth-order valence-corrected chi connectivity index (χ4v) is 4.73. The second kappa shape index (κ2) is 10.6. The summed E-state index contributed by atoms with van der Waals surface area (Å²) in [5.74, 6) is 0.632. The summed E-state index contributed by atoms with van der Waals surface area (Å²) in [5.41, 5.74) is 2.59. The number of sulfonamides is 1. The van der Waals surface area contributed by atoms with E-state index in [4.69, 9.17) is 4.74 Å². The lowest BCUT2D eigenvalue weighted by atomic mass is 10.0. The summed E-state index contributed by atoms with van der Waals surface area (Å²) in [6.45, 7) is 3.54. The van der Waals surface area contributed by atoms with Crippen LogP contribution in [0.4, 0.5) is 5.69 Å². The molecule has 0 bridgehead atoms. The van der Waals surface area contributed by atoms with Crippen LogP contribution in [0, 0.1) is 0 Å². The van der Waals surface area contributed by atoms with Crippen molar-refractivity contribution in [1.82, 2.24) is 20.6 Å². The monoisotopic (exact) mass is 507 g/mol. The Balaban J connectivity index is 1.46. The second-order valence-electron chi connectivity index (χ2n) is 8.11. The van der Waals surface area contributed by atoms with E-state index >= 15 is 0 Å². The molecule has 36 heavy (non-hydrogen) atoms. The molecule has 3 aromatic carbocycles. The molecule has 0 aliphatic rings. The van der Waals surface area contributed by atoms with Crippen LogP contribution in [0.3, 0.4) is 0 Å². The smallest absolute Gasteiger partial charge is 0.261 e. The highest BCUT2D eigenvalue weighted by Gasteiger charge is 2.17. The van der Waals surface area contributed by atoms with Gasteiger partial charge in [-0.25, -0.2) is 13.5 Å². The molecular weight excluding hydrogens is 482 g/mol. The average molecular weight is 508 g/mol. The van der Waals surface area contributed by atoms with Crippen molar-refractivity contribution < 1.29 is 23.1 Å². The molecule has 0 fully saturated rings. The molecule has 186 valence electrons. The Morgan fingerprint density at radius 1 is 1.11 bits per heavy atom. The molecule has 1 heterocycles. The number of nitrogens with zero attached hydrogens (tertiary/aromatic N) is 3. The highest BCUT2D eigenvalue weighted by molar-refractivity contribution is 7.92. The lowest BCUT2D eigenvalue weighted by Gasteiger charge is -2.15. The topological polar surface area (TPSA) is 147 Å².